The Morgan fingerprint density at radius 1 is 1.10 bits per heavy atom. The highest BCUT2D eigenvalue weighted by Gasteiger charge is 2.08. The monoisotopic (exact) mass is 279 g/mol. The summed E-state index contributed by atoms with van der Waals surface area (Å²) >= 11 is 4.64. The molecule has 5 heteroatoms. The van der Waals surface area contributed by atoms with E-state index in [-0.39, 0.29) is 5.56 Å². The molecule has 4 nitrogen and oxygen atoms in total. The summed E-state index contributed by atoms with van der Waals surface area (Å²) in [4.78, 5) is 23.3. The van der Waals surface area contributed by atoms with E-state index in [4.69, 9.17) is 0 Å². The second-order valence-corrected chi connectivity index (χ2v) is 4.33. The zero-order valence-electron chi connectivity index (χ0n) is 10.3. The van der Waals surface area contributed by atoms with Crippen LogP contribution in [0, 0.1) is 0 Å². The number of fused-ring (bicyclic) bond motifs is 1. The molecule has 96 valence electrons. The first-order valence-corrected chi connectivity index (χ1v) is 6.37. The molecule has 20 heavy (non-hydrogen) atoms. The maximum Gasteiger partial charge on any atom is 0.259 e. The van der Waals surface area contributed by atoms with Gasteiger partial charge in [-0.05, 0) is 36.5 Å². The number of benzene rings is 2. The molecular weight excluding hydrogens is 270 g/mol. The summed E-state index contributed by atoms with van der Waals surface area (Å²) in [6.45, 7) is 0. The highest BCUT2D eigenvalue weighted by atomic mass is 32.1. The Kier molecular flexibility index (Phi) is 3.21. The zero-order chi connectivity index (χ0) is 13.9. The van der Waals surface area contributed by atoms with Crippen molar-refractivity contribution < 1.29 is 0 Å². The topological polar surface area (TPSA) is 58.1 Å². The number of nitrogens with zero attached hydrogens (tertiary/aromatic N) is 2. The molecule has 0 aliphatic rings. The van der Waals surface area contributed by atoms with Crippen LogP contribution in [0.5, 0.6) is 0 Å². The summed E-state index contributed by atoms with van der Waals surface area (Å²) < 4.78 is 0. The molecule has 0 aliphatic carbocycles. The molecule has 1 N–H and O–H groups in total. The van der Waals surface area contributed by atoms with Crippen LogP contribution in [-0.4, -0.2) is 15.1 Å². The third kappa shape index (κ3) is 2.16. The first-order chi connectivity index (χ1) is 9.79. The number of para-hydroxylation sites is 2. The van der Waals surface area contributed by atoms with Crippen LogP contribution in [-0.2, 0) is 0 Å². The van der Waals surface area contributed by atoms with Gasteiger partial charge in [0.15, 0.2) is 0 Å². The number of isothiocyanates is 1. The SMILES string of the molecule is O=c1[nH]c(-c2ccccc2N=C=S)nc2ccccc12. The van der Waals surface area contributed by atoms with Gasteiger partial charge in [-0.3, -0.25) is 4.79 Å². The summed E-state index contributed by atoms with van der Waals surface area (Å²) in [5.41, 5.74) is 1.81. The van der Waals surface area contributed by atoms with Crippen LogP contribution in [0.4, 0.5) is 5.69 Å². The van der Waals surface area contributed by atoms with Gasteiger partial charge in [-0.1, -0.05) is 24.3 Å². The lowest BCUT2D eigenvalue weighted by Crippen LogP contribution is -2.09. The minimum absolute atomic E-state index is 0.174. The van der Waals surface area contributed by atoms with Crippen molar-refractivity contribution in [2.24, 2.45) is 4.99 Å². The maximum absolute atomic E-state index is 12.1. The fourth-order valence-electron chi connectivity index (χ4n) is 2.03. The number of aromatic amines is 1. The van der Waals surface area contributed by atoms with Crippen molar-refractivity contribution in [3.8, 4) is 11.4 Å². The molecule has 2 aromatic carbocycles. The Bertz CT molecular complexity index is 895. The number of nitrogens with one attached hydrogen (secondary N) is 1. The number of aromatic nitrogens is 2. The van der Waals surface area contributed by atoms with Crippen molar-refractivity contribution in [1.29, 1.82) is 0 Å². The first kappa shape index (κ1) is 12.4. The summed E-state index contributed by atoms with van der Waals surface area (Å²) in [5, 5.41) is 2.90. The minimum Gasteiger partial charge on any atom is -0.306 e. The van der Waals surface area contributed by atoms with Gasteiger partial charge in [-0.25, -0.2) is 4.98 Å². The fraction of sp³-hybridized carbons (Fsp3) is 0. The standard InChI is InChI=1S/C15H9N3OS/c19-15-11-6-2-4-8-13(11)17-14(18-15)10-5-1-3-7-12(10)16-9-20/h1-8H,(H,17,18,19). The van der Waals surface area contributed by atoms with Crippen LogP contribution < -0.4 is 5.56 Å². The summed E-state index contributed by atoms with van der Waals surface area (Å²) in [6, 6.07) is 14.5. The number of aliphatic imine (C=N–C) groups is 1. The molecule has 0 amide bonds. The van der Waals surface area contributed by atoms with Gasteiger partial charge in [0.05, 0.1) is 21.8 Å². The number of rotatable bonds is 2. The molecule has 0 fully saturated rings. The van der Waals surface area contributed by atoms with E-state index in [0.717, 1.165) is 0 Å². The molecule has 3 rings (SSSR count). The Balaban J connectivity index is 2.31. The van der Waals surface area contributed by atoms with Crippen molar-refractivity contribution in [2.75, 3.05) is 0 Å². The van der Waals surface area contributed by atoms with Crippen molar-refractivity contribution in [3.05, 3.63) is 58.9 Å². The van der Waals surface area contributed by atoms with E-state index >= 15 is 0 Å². The minimum atomic E-state index is -0.174. The Hall–Kier alpha value is -2.62. The molecule has 3 aromatic rings. The second-order valence-electron chi connectivity index (χ2n) is 4.15. The molecule has 1 aromatic heterocycles. The molecule has 0 aliphatic heterocycles. The Labute approximate surface area is 119 Å². The van der Waals surface area contributed by atoms with Gasteiger partial charge in [0.2, 0.25) is 0 Å². The van der Waals surface area contributed by atoms with Crippen LogP contribution in [0.15, 0.2) is 58.3 Å². The van der Waals surface area contributed by atoms with Gasteiger partial charge in [0.25, 0.3) is 5.56 Å². The second kappa shape index (κ2) is 5.17. The lowest BCUT2D eigenvalue weighted by atomic mass is 10.1. The summed E-state index contributed by atoms with van der Waals surface area (Å²) in [6.07, 6.45) is 0. The average molecular weight is 279 g/mol. The molecule has 0 bridgehead atoms. The van der Waals surface area contributed by atoms with E-state index in [1.165, 1.54) is 0 Å². The lowest BCUT2D eigenvalue weighted by Gasteiger charge is -2.05. The van der Waals surface area contributed by atoms with Gasteiger partial charge in [-0.2, -0.15) is 4.99 Å². The molecule has 0 atom stereocenters. The number of hydrogen-bond donors (Lipinski definition) is 1. The molecule has 0 saturated carbocycles. The van der Waals surface area contributed by atoms with Crippen LogP contribution in [0.2, 0.25) is 0 Å². The van der Waals surface area contributed by atoms with Crippen molar-refractivity contribution in [2.45, 2.75) is 0 Å². The molecule has 0 radical (unpaired) electrons. The van der Waals surface area contributed by atoms with Crippen LogP contribution >= 0.6 is 12.2 Å². The highest BCUT2D eigenvalue weighted by Crippen LogP contribution is 2.27. The predicted molar refractivity (Wildman–Crippen MR) is 82.5 cm³/mol. The fourth-order valence-corrected chi connectivity index (χ4v) is 2.13. The van der Waals surface area contributed by atoms with Gasteiger partial charge >= 0.3 is 0 Å². The van der Waals surface area contributed by atoms with Gasteiger partial charge in [0, 0.05) is 5.56 Å². The van der Waals surface area contributed by atoms with E-state index in [1.807, 2.05) is 30.3 Å². The zero-order valence-corrected chi connectivity index (χ0v) is 11.1. The summed E-state index contributed by atoms with van der Waals surface area (Å²) in [7, 11) is 0. The van der Waals surface area contributed by atoms with Gasteiger partial charge in [-0.15, -0.1) is 0 Å². The number of thiocarbonyl (C=S) groups is 1. The van der Waals surface area contributed by atoms with Crippen LogP contribution in [0.25, 0.3) is 22.3 Å². The maximum atomic E-state index is 12.1. The predicted octanol–water partition coefficient (Wildman–Crippen LogP) is 3.32. The smallest absolute Gasteiger partial charge is 0.259 e. The van der Waals surface area contributed by atoms with E-state index in [2.05, 4.69) is 32.3 Å². The highest BCUT2D eigenvalue weighted by molar-refractivity contribution is 7.78. The number of H-pyrrole nitrogens is 1. The van der Waals surface area contributed by atoms with E-state index in [1.54, 1.807) is 18.2 Å². The Morgan fingerprint density at radius 3 is 2.70 bits per heavy atom. The lowest BCUT2D eigenvalue weighted by molar-refractivity contribution is 1.18. The molecule has 0 spiro atoms. The first-order valence-electron chi connectivity index (χ1n) is 5.96. The molecular formula is C15H9N3OS. The van der Waals surface area contributed by atoms with Crippen molar-refractivity contribution in [3.63, 3.8) is 0 Å². The van der Waals surface area contributed by atoms with Crippen LogP contribution in [0.1, 0.15) is 0 Å². The Morgan fingerprint density at radius 2 is 1.85 bits per heavy atom. The summed E-state index contributed by atoms with van der Waals surface area (Å²) in [5.74, 6) is 0.471. The average Bonchev–Trinajstić information content (AvgIpc) is 2.48. The quantitative estimate of drug-likeness (QED) is 0.578. The third-order valence-electron chi connectivity index (χ3n) is 2.94. The number of hydrogen-bond acceptors (Lipinski definition) is 4. The molecule has 0 saturated heterocycles. The van der Waals surface area contributed by atoms with Crippen molar-refractivity contribution in [1.82, 2.24) is 9.97 Å². The van der Waals surface area contributed by atoms with E-state index in [9.17, 15) is 4.79 Å². The van der Waals surface area contributed by atoms with Gasteiger partial charge in [0.1, 0.15) is 5.82 Å². The van der Waals surface area contributed by atoms with E-state index in [0.29, 0.717) is 28.0 Å². The van der Waals surface area contributed by atoms with E-state index < -0.39 is 0 Å². The van der Waals surface area contributed by atoms with Gasteiger partial charge < -0.3 is 4.98 Å². The third-order valence-corrected chi connectivity index (χ3v) is 3.03. The largest absolute Gasteiger partial charge is 0.306 e. The molecule has 0 unspecified atom stereocenters. The normalized spacial score (nSPS) is 10.2. The molecule has 1 heterocycles. The van der Waals surface area contributed by atoms with Crippen LogP contribution in [0.3, 0.4) is 0 Å². The van der Waals surface area contributed by atoms with Crippen molar-refractivity contribution >= 4 is 34.0 Å².